The van der Waals surface area contributed by atoms with Crippen molar-refractivity contribution in [2.24, 2.45) is 0 Å². The highest BCUT2D eigenvalue weighted by Gasteiger charge is 2.29. The summed E-state index contributed by atoms with van der Waals surface area (Å²) >= 11 is 6.32. The molecular formula is C24H29ClN2O4. The number of rotatable bonds is 9. The molecule has 1 N–H and O–H groups in total. The molecule has 0 saturated heterocycles. The number of hydrogen-bond donors (Lipinski definition) is 1. The summed E-state index contributed by atoms with van der Waals surface area (Å²) in [7, 11) is 1.54. The molecule has 7 heteroatoms. The van der Waals surface area contributed by atoms with Crippen LogP contribution in [0.1, 0.15) is 38.2 Å². The van der Waals surface area contributed by atoms with Crippen molar-refractivity contribution in [3.05, 3.63) is 59.1 Å². The number of nitrogens with one attached hydrogen (secondary N) is 1. The van der Waals surface area contributed by atoms with Crippen molar-refractivity contribution in [2.45, 2.75) is 51.2 Å². The second kappa shape index (κ2) is 11.0. The average molecular weight is 445 g/mol. The van der Waals surface area contributed by atoms with Gasteiger partial charge >= 0.3 is 0 Å². The Morgan fingerprint density at radius 1 is 1.10 bits per heavy atom. The molecule has 2 amide bonds. The zero-order chi connectivity index (χ0) is 22.2. The third kappa shape index (κ3) is 6.14. The lowest BCUT2D eigenvalue weighted by molar-refractivity contribution is -0.142. The minimum absolute atomic E-state index is 0.162. The van der Waals surface area contributed by atoms with E-state index in [0.717, 1.165) is 31.2 Å². The van der Waals surface area contributed by atoms with Crippen molar-refractivity contribution >= 4 is 23.4 Å². The second-order valence-electron chi connectivity index (χ2n) is 7.72. The Balaban J connectivity index is 1.74. The number of carbonyl (C=O) groups excluding carboxylic acids is 2. The lowest BCUT2D eigenvalue weighted by Gasteiger charge is -2.30. The molecule has 0 spiro atoms. The van der Waals surface area contributed by atoms with E-state index < -0.39 is 6.04 Å². The van der Waals surface area contributed by atoms with Gasteiger partial charge in [0.25, 0.3) is 5.91 Å². The van der Waals surface area contributed by atoms with Crippen LogP contribution in [0.2, 0.25) is 5.02 Å². The molecule has 1 fully saturated rings. The molecule has 31 heavy (non-hydrogen) atoms. The van der Waals surface area contributed by atoms with Gasteiger partial charge in [-0.05, 0) is 43.5 Å². The molecule has 6 nitrogen and oxygen atoms in total. The van der Waals surface area contributed by atoms with Crippen LogP contribution in [0.4, 0.5) is 0 Å². The van der Waals surface area contributed by atoms with Crippen LogP contribution in [-0.4, -0.2) is 42.5 Å². The van der Waals surface area contributed by atoms with Crippen molar-refractivity contribution in [1.82, 2.24) is 10.2 Å². The van der Waals surface area contributed by atoms with Gasteiger partial charge in [0, 0.05) is 17.6 Å². The standard InChI is InChI=1S/C24H29ClN2O4/c1-17(24(29)26-19-10-4-5-11-19)27(15-18-9-3-6-12-20(18)25)23(28)16-31-22-14-8-7-13-21(22)30-2/h3,6-9,12-14,17,19H,4-5,10-11,15-16H2,1-2H3,(H,26,29)/t17-/m0/s1. The molecule has 1 aliphatic carbocycles. The Morgan fingerprint density at radius 3 is 2.42 bits per heavy atom. The third-order valence-electron chi connectivity index (χ3n) is 5.59. The normalized spacial score (nSPS) is 14.7. The highest BCUT2D eigenvalue weighted by Crippen LogP contribution is 2.26. The van der Waals surface area contributed by atoms with E-state index in [1.807, 2.05) is 30.3 Å². The van der Waals surface area contributed by atoms with Crippen LogP contribution >= 0.6 is 11.6 Å². The highest BCUT2D eigenvalue weighted by atomic mass is 35.5. The number of nitrogens with zero attached hydrogens (tertiary/aromatic N) is 1. The summed E-state index contributed by atoms with van der Waals surface area (Å²) in [6.07, 6.45) is 4.20. The molecule has 3 rings (SSSR count). The SMILES string of the molecule is COc1ccccc1OCC(=O)N(Cc1ccccc1Cl)[C@@H](C)C(=O)NC1CCCC1. The van der Waals surface area contributed by atoms with Crippen LogP contribution in [0.25, 0.3) is 0 Å². The summed E-state index contributed by atoms with van der Waals surface area (Å²) in [5.74, 6) is 0.545. The molecule has 2 aromatic rings. The van der Waals surface area contributed by atoms with Crippen molar-refractivity contribution in [3.8, 4) is 11.5 Å². The summed E-state index contributed by atoms with van der Waals surface area (Å²) in [4.78, 5) is 27.6. The smallest absolute Gasteiger partial charge is 0.261 e. The van der Waals surface area contributed by atoms with E-state index >= 15 is 0 Å². The van der Waals surface area contributed by atoms with Crippen molar-refractivity contribution in [1.29, 1.82) is 0 Å². The quantitative estimate of drug-likeness (QED) is 0.629. The maximum Gasteiger partial charge on any atom is 0.261 e. The first-order valence-electron chi connectivity index (χ1n) is 10.6. The maximum atomic E-state index is 13.2. The Kier molecular flexibility index (Phi) is 8.18. The van der Waals surface area contributed by atoms with Gasteiger partial charge in [0.15, 0.2) is 18.1 Å². The Hall–Kier alpha value is -2.73. The van der Waals surface area contributed by atoms with Crippen molar-refractivity contribution in [3.63, 3.8) is 0 Å². The fourth-order valence-electron chi connectivity index (χ4n) is 3.75. The van der Waals surface area contributed by atoms with Gasteiger partial charge in [-0.2, -0.15) is 0 Å². The number of amides is 2. The molecule has 0 bridgehead atoms. The van der Waals surface area contributed by atoms with Gasteiger partial charge in [0.2, 0.25) is 5.91 Å². The molecule has 0 aliphatic heterocycles. The first-order chi connectivity index (χ1) is 15.0. The number of hydrogen-bond acceptors (Lipinski definition) is 4. The summed E-state index contributed by atoms with van der Waals surface area (Å²) in [5, 5.41) is 3.63. The van der Waals surface area contributed by atoms with Gasteiger partial charge in [0.1, 0.15) is 6.04 Å². The molecule has 1 saturated carbocycles. The van der Waals surface area contributed by atoms with E-state index in [1.165, 1.54) is 4.90 Å². The van der Waals surface area contributed by atoms with E-state index in [-0.39, 0.29) is 31.0 Å². The molecule has 0 heterocycles. The first-order valence-corrected chi connectivity index (χ1v) is 11.0. The minimum atomic E-state index is -0.661. The largest absolute Gasteiger partial charge is 0.493 e. The van der Waals surface area contributed by atoms with Gasteiger partial charge in [-0.25, -0.2) is 0 Å². The van der Waals surface area contributed by atoms with E-state index in [4.69, 9.17) is 21.1 Å². The third-order valence-corrected chi connectivity index (χ3v) is 5.96. The molecule has 0 radical (unpaired) electrons. The highest BCUT2D eigenvalue weighted by molar-refractivity contribution is 6.31. The number of halogens is 1. The van der Waals surface area contributed by atoms with Crippen LogP contribution in [0.15, 0.2) is 48.5 Å². The summed E-state index contributed by atoms with van der Waals surface area (Å²) in [6, 6.07) is 14.0. The van der Waals surface area contributed by atoms with Gasteiger partial charge in [-0.1, -0.05) is 54.8 Å². The van der Waals surface area contributed by atoms with E-state index in [9.17, 15) is 9.59 Å². The average Bonchev–Trinajstić information content (AvgIpc) is 3.29. The molecule has 0 aromatic heterocycles. The number of para-hydroxylation sites is 2. The van der Waals surface area contributed by atoms with Crippen LogP contribution < -0.4 is 14.8 Å². The molecule has 166 valence electrons. The van der Waals surface area contributed by atoms with Gasteiger partial charge in [-0.15, -0.1) is 0 Å². The van der Waals surface area contributed by atoms with Crippen LogP contribution in [-0.2, 0) is 16.1 Å². The topological polar surface area (TPSA) is 67.9 Å². The van der Waals surface area contributed by atoms with Gasteiger partial charge in [-0.3, -0.25) is 9.59 Å². The van der Waals surface area contributed by atoms with E-state index in [2.05, 4.69) is 5.32 Å². The zero-order valence-electron chi connectivity index (χ0n) is 18.0. The lowest BCUT2D eigenvalue weighted by atomic mass is 10.1. The Morgan fingerprint density at radius 2 is 1.74 bits per heavy atom. The molecule has 2 aromatic carbocycles. The molecule has 0 unspecified atom stereocenters. The molecular weight excluding hydrogens is 416 g/mol. The second-order valence-corrected chi connectivity index (χ2v) is 8.13. The monoisotopic (exact) mass is 444 g/mol. The molecule has 1 atom stereocenters. The minimum Gasteiger partial charge on any atom is -0.493 e. The fraction of sp³-hybridized carbons (Fsp3) is 0.417. The maximum absolute atomic E-state index is 13.2. The van der Waals surface area contributed by atoms with Crippen LogP contribution in [0.5, 0.6) is 11.5 Å². The predicted octanol–water partition coefficient (Wildman–Crippen LogP) is 4.20. The van der Waals surface area contributed by atoms with Crippen molar-refractivity contribution < 1.29 is 19.1 Å². The van der Waals surface area contributed by atoms with Crippen LogP contribution in [0.3, 0.4) is 0 Å². The lowest BCUT2D eigenvalue weighted by Crippen LogP contribution is -2.50. The fourth-order valence-corrected chi connectivity index (χ4v) is 3.94. The molecule has 1 aliphatic rings. The number of carbonyl (C=O) groups is 2. The number of methoxy groups -OCH3 is 1. The summed E-state index contributed by atoms with van der Waals surface area (Å²) < 4.78 is 11.0. The first kappa shape index (κ1) is 22.9. The summed E-state index contributed by atoms with van der Waals surface area (Å²) in [5.41, 5.74) is 0.773. The Bertz CT molecular complexity index is 899. The zero-order valence-corrected chi connectivity index (χ0v) is 18.7. The van der Waals surface area contributed by atoms with E-state index in [0.29, 0.717) is 16.5 Å². The Labute approximate surface area is 188 Å². The van der Waals surface area contributed by atoms with Crippen molar-refractivity contribution in [2.75, 3.05) is 13.7 Å². The number of benzene rings is 2. The van der Waals surface area contributed by atoms with Crippen LogP contribution in [0, 0.1) is 0 Å². The predicted molar refractivity (Wildman–Crippen MR) is 120 cm³/mol. The summed E-state index contributed by atoms with van der Waals surface area (Å²) in [6.45, 7) is 1.74. The van der Waals surface area contributed by atoms with Gasteiger partial charge in [0.05, 0.1) is 7.11 Å². The van der Waals surface area contributed by atoms with E-state index in [1.54, 1.807) is 32.2 Å². The van der Waals surface area contributed by atoms with Gasteiger partial charge < -0.3 is 19.7 Å². The number of ether oxygens (including phenoxy) is 2.